The van der Waals surface area contributed by atoms with Crippen LogP contribution < -0.4 is 10.1 Å². The van der Waals surface area contributed by atoms with Gasteiger partial charge in [-0.25, -0.2) is 9.37 Å². The maximum absolute atomic E-state index is 13.3. The van der Waals surface area contributed by atoms with E-state index in [9.17, 15) is 4.39 Å². The summed E-state index contributed by atoms with van der Waals surface area (Å²) >= 11 is 3.08. The number of rotatable bonds is 3. The van der Waals surface area contributed by atoms with Crippen LogP contribution in [0.15, 0.2) is 28.7 Å². The van der Waals surface area contributed by atoms with Crippen LogP contribution in [0, 0.1) is 12.7 Å². The van der Waals surface area contributed by atoms with Crippen LogP contribution in [0.3, 0.4) is 0 Å². The normalized spacial score (nSPS) is 10.2. The second-order valence-corrected chi connectivity index (χ2v) is 4.42. The summed E-state index contributed by atoms with van der Waals surface area (Å²) in [6.45, 7) is 1.76. The molecular formula is C12H11BrFN3O. The van der Waals surface area contributed by atoms with Gasteiger partial charge in [-0.1, -0.05) is 0 Å². The van der Waals surface area contributed by atoms with Crippen LogP contribution in [0.1, 0.15) is 5.82 Å². The molecule has 2 rings (SSSR count). The number of aryl methyl sites for hydroxylation is 1. The van der Waals surface area contributed by atoms with Crippen molar-refractivity contribution in [3.63, 3.8) is 0 Å². The minimum atomic E-state index is -0.382. The summed E-state index contributed by atoms with van der Waals surface area (Å²) < 4.78 is 19.2. The smallest absolute Gasteiger partial charge is 0.224 e. The van der Waals surface area contributed by atoms with Crippen LogP contribution in [-0.4, -0.2) is 17.0 Å². The first-order chi connectivity index (χ1) is 8.58. The summed E-state index contributed by atoms with van der Waals surface area (Å²) in [5, 5.41) is 2.90. The van der Waals surface area contributed by atoms with Gasteiger partial charge >= 0.3 is 0 Å². The first-order valence-electron chi connectivity index (χ1n) is 5.25. The van der Waals surface area contributed by atoms with E-state index in [-0.39, 0.29) is 5.82 Å². The molecule has 0 atom stereocenters. The van der Waals surface area contributed by atoms with E-state index in [0.29, 0.717) is 27.7 Å². The first-order valence-corrected chi connectivity index (χ1v) is 6.04. The van der Waals surface area contributed by atoms with Gasteiger partial charge in [-0.05, 0) is 35.0 Å². The van der Waals surface area contributed by atoms with Crippen molar-refractivity contribution >= 4 is 21.7 Å². The molecule has 0 aliphatic heterocycles. The second-order valence-electron chi connectivity index (χ2n) is 3.57. The van der Waals surface area contributed by atoms with E-state index >= 15 is 0 Å². The number of ether oxygens (including phenoxy) is 1. The van der Waals surface area contributed by atoms with Crippen LogP contribution in [-0.2, 0) is 0 Å². The molecule has 0 aliphatic carbocycles. The third-order valence-corrected chi connectivity index (χ3v) is 2.83. The average Bonchev–Trinajstić information content (AvgIpc) is 2.33. The van der Waals surface area contributed by atoms with Gasteiger partial charge in [-0.2, -0.15) is 4.98 Å². The second kappa shape index (κ2) is 5.30. The molecule has 94 valence electrons. The van der Waals surface area contributed by atoms with Crippen molar-refractivity contribution in [3.8, 4) is 11.6 Å². The van der Waals surface area contributed by atoms with Gasteiger partial charge in [-0.3, -0.25) is 0 Å². The summed E-state index contributed by atoms with van der Waals surface area (Å²) in [6.07, 6.45) is 0. The summed E-state index contributed by atoms with van der Waals surface area (Å²) in [5.41, 5.74) is 0. The standard InChI is InChI=1S/C12H11BrFN3O/c1-7-16-11(15-2)6-12(17-7)18-8-3-4-9(13)10(14)5-8/h3-6H,1-2H3,(H,15,16,17). The van der Waals surface area contributed by atoms with Crippen molar-refractivity contribution in [3.05, 3.63) is 40.4 Å². The molecule has 0 bridgehead atoms. The fourth-order valence-corrected chi connectivity index (χ4v) is 1.63. The zero-order chi connectivity index (χ0) is 13.1. The molecule has 0 amide bonds. The predicted octanol–water partition coefficient (Wildman–Crippen LogP) is 3.52. The Hall–Kier alpha value is -1.69. The zero-order valence-corrected chi connectivity index (χ0v) is 11.5. The van der Waals surface area contributed by atoms with Crippen molar-refractivity contribution in [2.24, 2.45) is 0 Å². The number of hydrogen-bond donors (Lipinski definition) is 1. The van der Waals surface area contributed by atoms with Gasteiger partial charge in [0.05, 0.1) is 4.47 Å². The number of benzene rings is 1. The van der Waals surface area contributed by atoms with Gasteiger partial charge in [-0.15, -0.1) is 0 Å². The van der Waals surface area contributed by atoms with E-state index in [1.807, 2.05) is 0 Å². The Bertz CT molecular complexity index is 577. The molecular weight excluding hydrogens is 301 g/mol. The number of hydrogen-bond acceptors (Lipinski definition) is 4. The van der Waals surface area contributed by atoms with Crippen LogP contribution in [0.4, 0.5) is 10.2 Å². The lowest BCUT2D eigenvalue weighted by atomic mass is 10.3. The van der Waals surface area contributed by atoms with E-state index in [1.54, 1.807) is 32.2 Å². The summed E-state index contributed by atoms with van der Waals surface area (Å²) in [7, 11) is 1.75. The molecule has 0 saturated heterocycles. The summed E-state index contributed by atoms with van der Waals surface area (Å²) in [6, 6.07) is 6.18. The zero-order valence-electron chi connectivity index (χ0n) is 9.87. The first kappa shape index (κ1) is 12.8. The number of halogens is 2. The number of nitrogens with one attached hydrogen (secondary N) is 1. The van der Waals surface area contributed by atoms with E-state index < -0.39 is 0 Å². The van der Waals surface area contributed by atoms with E-state index in [1.165, 1.54) is 6.07 Å². The third-order valence-electron chi connectivity index (χ3n) is 2.18. The van der Waals surface area contributed by atoms with Gasteiger partial charge in [0.15, 0.2) is 0 Å². The topological polar surface area (TPSA) is 47.0 Å². The van der Waals surface area contributed by atoms with Gasteiger partial charge in [0.1, 0.15) is 23.2 Å². The monoisotopic (exact) mass is 311 g/mol. The Morgan fingerprint density at radius 1 is 1.28 bits per heavy atom. The van der Waals surface area contributed by atoms with Crippen LogP contribution in [0.25, 0.3) is 0 Å². The lowest BCUT2D eigenvalue weighted by Gasteiger charge is -2.07. The Labute approximate surface area is 112 Å². The van der Waals surface area contributed by atoms with Crippen molar-refractivity contribution in [1.29, 1.82) is 0 Å². The maximum atomic E-state index is 13.3. The predicted molar refractivity (Wildman–Crippen MR) is 70.5 cm³/mol. The molecule has 2 aromatic rings. The van der Waals surface area contributed by atoms with Crippen molar-refractivity contribution in [1.82, 2.24) is 9.97 Å². The molecule has 6 heteroatoms. The summed E-state index contributed by atoms with van der Waals surface area (Å²) in [4.78, 5) is 8.26. The SMILES string of the molecule is CNc1cc(Oc2ccc(Br)c(F)c2)nc(C)n1. The fraction of sp³-hybridized carbons (Fsp3) is 0.167. The Morgan fingerprint density at radius 3 is 2.72 bits per heavy atom. The highest BCUT2D eigenvalue weighted by molar-refractivity contribution is 9.10. The molecule has 1 N–H and O–H groups in total. The molecule has 0 spiro atoms. The molecule has 0 saturated carbocycles. The highest BCUT2D eigenvalue weighted by atomic mass is 79.9. The van der Waals surface area contributed by atoms with E-state index in [2.05, 4.69) is 31.2 Å². The Balaban J connectivity index is 2.27. The van der Waals surface area contributed by atoms with Crippen molar-refractivity contribution < 1.29 is 9.13 Å². The van der Waals surface area contributed by atoms with Gasteiger partial charge in [0.2, 0.25) is 5.88 Å². The van der Waals surface area contributed by atoms with Crippen LogP contribution >= 0.6 is 15.9 Å². The number of nitrogens with zero attached hydrogens (tertiary/aromatic N) is 2. The van der Waals surface area contributed by atoms with Gasteiger partial charge in [0.25, 0.3) is 0 Å². The highest BCUT2D eigenvalue weighted by Crippen LogP contribution is 2.25. The minimum Gasteiger partial charge on any atom is -0.439 e. The molecule has 0 unspecified atom stereocenters. The van der Waals surface area contributed by atoms with Crippen LogP contribution in [0.5, 0.6) is 11.6 Å². The average molecular weight is 312 g/mol. The number of anilines is 1. The Kier molecular flexibility index (Phi) is 3.76. The largest absolute Gasteiger partial charge is 0.439 e. The summed E-state index contributed by atoms with van der Waals surface area (Å²) in [5.74, 6) is 1.60. The van der Waals surface area contributed by atoms with Crippen molar-refractivity contribution in [2.45, 2.75) is 6.92 Å². The van der Waals surface area contributed by atoms with E-state index in [4.69, 9.17) is 4.74 Å². The lowest BCUT2D eigenvalue weighted by molar-refractivity contribution is 0.455. The Morgan fingerprint density at radius 2 is 2.06 bits per heavy atom. The van der Waals surface area contributed by atoms with Gasteiger partial charge in [0, 0.05) is 19.2 Å². The number of aromatic nitrogens is 2. The maximum Gasteiger partial charge on any atom is 0.224 e. The van der Waals surface area contributed by atoms with Crippen molar-refractivity contribution in [2.75, 3.05) is 12.4 Å². The third kappa shape index (κ3) is 2.95. The molecule has 1 aromatic carbocycles. The quantitative estimate of drug-likeness (QED) is 0.942. The van der Waals surface area contributed by atoms with Gasteiger partial charge < -0.3 is 10.1 Å². The fourth-order valence-electron chi connectivity index (χ4n) is 1.38. The van der Waals surface area contributed by atoms with Crippen LogP contribution in [0.2, 0.25) is 0 Å². The molecule has 0 fully saturated rings. The molecule has 4 nitrogen and oxygen atoms in total. The molecule has 1 heterocycles. The molecule has 18 heavy (non-hydrogen) atoms. The minimum absolute atomic E-state index is 0.369. The lowest BCUT2D eigenvalue weighted by Crippen LogP contribution is -1.98. The molecule has 0 aliphatic rings. The highest BCUT2D eigenvalue weighted by Gasteiger charge is 2.06. The van der Waals surface area contributed by atoms with E-state index in [0.717, 1.165) is 0 Å². The molecule has 1 aromatic heterocycles. The molecule has 0 radical (unpaired) electrons.